The summed E-state index contributed by atoms with van der Waals surface area (Å²) in [5.74, 6) is 0.609. The van der Waals surface area contributed by atoms with Crippen molar-refractivity contribution in [3.05, 3.63) is 40.7 Å². The fraction of sp³-hybridized carbons (Fsp3) is 0.429. The van der Waals surface area contributed by atoms with Crippen LogP contribution < -0.4 is 10.6 Å². The molecule has 3 rings (SSSR count). The smallest absolute Gasteiger partial charge is 0.315 e. The third-order valence-corrected chi connectivity index (χ3v) is 3.51. The molecule has 5 nitrogen and oxygen atoms in total. The number of nitrogens with one attached hydrogen (secondary N) is 2. The molecule has 1 unspecified atom stereocenters. The van der Waals surface area contributed by atoms with Crippen molar-refractivity contribution < 1.29 is 4.42 Å². The summed E-state index contributed by atoms with van der Waals surface area (Å²) in [6.07, 6.45) is 2.48. The van der Waals surface area contributed by atoms with Crippen LogP contribution in [0.2, 0.25) is 5.02 Å². The van der Waals surface area contributed by atoms with Gasteiger partial charge in [0, 0.05) is 11.1 Å². The fourth-order valence-corrected chi connectivity index (χ4v) is 2.15. The maximum absolute atomic E-state index is 5.99. The molecule has 0 bridgehead atoms. The number of aromatic nitrogens is 2. The highest BCUT2D eigenvalue weighted by Gasteiger charge is 2.21. The van der Waals surface area contributed by atoms with Gasteiger partial charge in [0.05, 0.1) is 12.6 Å². The molecule has 1 saturated carbocycles. The van der Waals surface area contributed by atoms with Crippen LogP contribution in [-0.4, -0.2) is 16.2 Å². The Morgan fingerprint density at radius 2 is 2.25 bits per heavy atom. The zero-order chi connectivity index (χ0) is 13.9. The van der Waals surface area contributed by atoms with Gasteiger partial charge in [-0.1, -0.05) is 28.8 Å². The summed E-state index contributed by atoms with van der Waals surface area (Å²) in [5, 5.41) is 15.3. The van der Waals surface area contributed by atoms with E-state index in [1.54, 1.807) is 0 Å². The lowest BCUT2D eigenvalue weighted by molar-refractivity contribution is 0.473. The van der Waals surface area contributed by atoms with E-state index in [0.717, 1.165) is 10.6 Å². The minimum atomic E-state index is 0.0541. The van der Waals surface area contributed by atoms with Crippen LogP contribution in [0.1, 0.15) is 37.3 Å². The Morgan fingerprint density at radius 1 is 1.40 bits per heavy atom. The van der Waals surface area contributed by atoms with E-state index < -0.39 is 0 Å². The van der Waals surface area contributed by atoms with Gasteiger partial charge in [-0.05, 0) is 37.5 Å². The van der Waals surface area contributed by atoms with Crippen LogP contribution in [0.25, 0.3) is 0 Å². The molecule has 1 heterocycles. The molecule has 1 aromatic heterocycles. The Bertz CT molecular complexity index is 582. The molecular formula is C14H17ClN4O. The first-order valence-corrected chi connectivity index (χ1v) is 7.16. The van der Waals surface area contributed by atoms with Crippen molar-refractivity contribution in [1.82, 2.24) is 15.5 Å². The first-order chi connectivity index (χ1) is 9.70. The molecule has 6 heteroatoms. The van der Waals surface area contributed by atoms with Gasteiger partial charge in [-0.3, -0.25) is 0 Å². The van der Waals surface area contributed by atoms with Gasteiger partial charge in [-0.15, -0.1) is 5.10 Å². The predicted octanol–water partition coefficient (Wildman–Crippen LogP) is 3.15. The minimum absolute atomic E-state index is 0.0541. The van der Waals surface area contributed by atoms with Gasteiger partial charge in [-0.25, -0.2) is 0 Å². The largest absolute Gasteiger partial charge is 0.407 e. The summed E-state index contributed by atoms with van der Waals surface area (Å²) in [6.45, 7) is 2.66. The van der Waals surface area contributed by atoms with Crippen LogP contribution in [0.4, 0.5) is 6.01 Å². The normalized spacial score (nSPS) is 16.1. The van der Waals surface area contributed by atoms with Crippen molar-refractivity contribution in [2.75, 3.05) is 5.32 Å². The molecule has 0 spiro atoms. The standard InChI is InChI=1S/C14H17ClN4O/c1-9(10-3-2-4-11(15)7-10)17-14-19-18-13(20-14)8-16-12-5-6-12/h2-4,7,9,12,16H,5-6,8H2,1H3,(H,17,19). The average molecular weight is 293 g/mol. The molecule has 106 valence electrons. The van der Waals surface area contributed by atoms with Gasteiger partial charge < -0.3 is 15.1 Å². The molecule has 1 aliphatic carbocycles. The highest BCUT2D eigenvalue weighted by Crippen LogP contribution is 2.22. The third-order valence-electron chi connectivity index (χ3n) is 3.27. The van der Waals surface area contributed by atoms with E-state index in [9.17, 15) is 0 Å². The van der Waals surface area contributed by atoms with Crippen molar-refractivity contribution in [2.24, 2.45) is 0 Å². The summed E-state index contributed by atoms with van der Waals surface area (Å²) >= 11 is 5.99. The maximum atomic E-state index is 5.99. The van der Waals surface area contributed by atoms with E-state index in [1.165, 1.54) is 12.8 Å². The number of benzene rings is 1. The summed E-state index contributed by atoms with van der Waals surface area (Å²) in [4.78, 5) is 0. The highest BCUT2D eigenvalue weighted by atomic mass is 35.5. The van der Waals surface area contributed by atoms with Crippen LogP contribution in [-0.2, 0) is 6.54 Å². The van der Waals surface area contributed by atoms with Gasteiger partial charge >= 0.3 is 6.01 Å². The zero-order valence-electron chi connectivity index (χ0n) is 11.3. The molecule has 1 fully saturated rings. The van der Waals surface area contributed by atoms with Crippen molar-refractivity contribution in [2.45, 2.75) is 38.4 Å². The maximum Gasteiger partial charge on any atom is 0.315 e. The van der Waals surface area contributed by atoms with Crippen LogP contribution in [0.3, 0.4) is 0 Å². The Hall–Kier alpha value is -1.59. The second-order valence-corrected chi connectivity index (χ2v) is 5.51. The van der Waals surface area contributed by atoms with Crippen molar-refractivity contribution in [3.8, 4) is 0 Å². The number of rotatable bonds is 6. The molecule has 1 aromatic carbocycles. The number of nitrogens with zero attached hydrogens (tertiary/aromatic N) is 2. The Balaban J connectivity index is 1.59. The number of halogens is 1. The van der Waals surface area contributed by atoms with Gasteiger partial charge in [-0.2, -0.15) is 0 Å². The monoisotopic (exact) mass is 292 g/mol. The lowest BCUT2D eigenvalue weighted by Gasteiger charge is -2.12. The summed E-state index contributed by atoms with van der Waals surface area (Å²) in [6, 6.07) is 8.83. The van der Waals surface area contributed by atoms with E-state index in [-0.39, 0.29) is 6.04 Å². The van der Waals surface area contributed by atoms with E-state index in [2.05, 4.69) is 20.8 Å². The van der Waals surface area contributed by atoms with E-state index in [4.69, 9.17) is 16.0 Å². The molecule has 1 aliphatic rings. The Morgan fingerprint density at radius 3 is 3.00 bits per heavy atom. The summed E-state index contributed by atoms with van der Waals surface area (Å²) < 4.78 is 5.56. The first-order valence-electron chi connectivity index (χ1n) is 6.78. The molecule has 2 aromatic rings. The molecule has 0 radical (unpaired) electrons. The quantitative estimate of drug-likeness (QED) is 0.856. The lowest BCUT2D eigenvalue weighted by Crippen LogP contribution is -2.15. The van der Waals surface area contributed by atoms with E-state index in [1.807, 2.05) is 31.2 Å². The number of hydrogen-bond acceptors (Lipinski definition) is 5. The van der Waals surface area contributed by atoms with Crippen molar-refractivity contribution >= 4 is 17.6 Å². The van der Waals surface area contributed by atoms with Crippen LogP contribution in [0.5, 0.6) is 0 Å². The minimum Gasteiger partial charge on any atom is -0.407 e. The van der Waals surface area contributed by atoms with Gasteiger partial charge in [0.25, 0.3) is 0 Å². The van der Waals surface area contributed by atoms with E-state index >= 15 is 0 Å². The van der Waals surface area contributed by atoms with E-state index in [0.29, 0.717) is 24.5 Å². The number of anilines is 1. The molecule has 0 saturated heterocycles. The SMILES string of the molecule is CC(Nc1nnc(CNC2CC2)o1)c1cccc(Cl)c1. The summed E-state index contributed by atoms with van der Waals surface area (Å²) in [7, 11) is 0. The zero-order valence-corrected chi connectivity index (χ0v) is 12.0. The molecular weight excluding hydrogens is 276 g/mol. The van der Waals surface area contributed by atoms with Crippen LogP contribution >= 0.6 is 11.6 Å². The first kappa shape index (κ1) is 13.4. The van der Waals surface area contributed by atoms with Crippen LogP contribution in [0.15, 0.2) is 28.7 Å². The Labute approximate surface area is 122 Å². The second-order valence-electron chi connectivity index (χ2n) is 5.08. The van der Waals surface area contributed by atoms with Crippen molar-refractivity contribution in [1.29, 1.82) is 0 Å². The highest BCUT2D eigenvalue weighted by molar-refractivity contribution is 6.30. The van der Waals surface area contributed by atoms with Gasteiger partial charge in [0.1, 0.15) is 0 Å². The lowest BCUT2D eigenvalue weighted by atomic mass is 10.1. The topological polar surface area (TPSA) is 63.0 Å². The molecule has 2 N–H and O–H groups in total. The molecule has 20 heavy (non-hydrogen) atoms. The van der Waals surface area contributed by atoms with Crippen LogP contribution in [0, 0.1) is 0 Å². The Kier molecular flexibility index (Phi) is 3.89. The molecule has 0 amide bonds. The fourth-order valence-electron chi connectivity index (χ4n) is 1.95. The molecule has 0 aliphatic heterocycles. The number of hydrogen-bond donors (Lipinski definition) is 2. The third kappa shape index (κ3) is 3.49. The van der Waals surface area contributed by atoms with Gasteiger partial charge in [0.15, 0.2) is 0 Å². The second kappa shape index (κ2) is 5.81. The van der Waals surface area contributed by atoms with Crippen molar-refractivity contribution in [3.63, 3.8) is 0 Å². The predicted molar refractivity (Wildman–Crippen MR) is 77.6 cm³/mol. The van der Waals surface area contributed by atoms with Gasteiger partial charge in [0.2, 0.25) is 5.89 Å². The molecule has 1 atom stereocenters. The average Bonchev–Trinajstić information content (AvgIpc) is 3.16. The summed E-state index contributed by atoms with van der Waals surface area (Å²) in [5.41, 5.74) is 1.08.